The summed E-state index contributed by atoms with van der Waals surface area (Å²) in [7, 11) is 1.53. The van der Waals surface area contributed by atoms with Crippen LogP contribution in [0.1, 0.15) is 0 Å². The van der Waals surface area contributed by atoms with Gasteiger partial charge < -0.3 is 14.6 Å². The number of imidazole rings is 1. The van der Waals surface area contributed by atoms with Crippen molar-refractivity contribution in [2.45, 2.75) is 6.54 Å². The molecule has 2 aromatic heterocycles. The summed E-state index contributed by atoms with van der Waals surface area (Å²) >= 11 is 6.18. The lowest BCUT2D eigenvalue weighted by Gasteiger charge is -2.10. The third kappa shape index (κ3) is 3.83. The van der Waals surface area contributed by atoms with Crippen LogP contribution in [0.15, 0.2) is 83.7 Å². The molecule has 0 atom stereocenters. The smallest absolute Gasteiger partial charge is 0.260 e. The largest absolute Gasteiger partial charge is 0.495 e. The Bertz CT molecular complexity index is 1560. The molecule has 8 heteroatoms. The molecule has 0 fully saturated rings. The predicted octanol–water partition coefficient (Wildman–Crippen LogP) is 4.62. The van der Waals surface area contributed by atoms with Crippen LogP contribution in [0.4, 0.5) is 5.69 Å². The van der Waals surface area contributed by atoms with Gasteiger partial charge in [-0.05, 0) is 30.3 Å². The van der Waals surface area contributed by atoms with Gasteiger partial charge in [0, 0.05) is 17.3 Å². The zero-order chi connectivity index (χ0) is 22.9. The number of para-hydroxylation sites is 2. The molecule has 164 valence electrons. The maximum absolute atomic E-state index is 13.1. The zero-order valence-corrected chi connectivity index (χ0v) is 18.4. The van der Waals surface area contributed by atoms with Gasteiger partial charge in [-0.25, -0.2) is 9.38 Å². The highest BCUT2D eigenvalue weighted by molar-refractivity contribution is 6.32. The number of hydrogen-bond acceptors (Lipinski definition) is 4. The van der Waals surface area contributed by atoms with E-state index in [9.17, 15) is 9.59 Å². The van der Waals surface area contributed by atoms with Gasteiger partial charge in [-0.1, -0.05) is 54.1 Å². The molecule has 0 bridgehead atoms. The lowest BCUT2D eigenvalue weighted by molar-refractivity contribution is -0.116. The maximum atomic E-state index is 13.1. The number of anilines is 1. The molecule has 1 amide bonds. The highest BCUT2D eigenvalue weighted by Gasteiger charge is 2.17. The first kappa shape index (κ1) is 20.8. The first-order chi connectivity index (χ1) is 16.0. The number of amides is 1. The zero-order valence-electron chi connectivity index (χ0n) is 17.7. The van der Waals surface area contributed by atoms with Crippen molar-refractivity contribution in [1.82, 2.24) is 14.0 Å². The van der Waals surface area contributed by atoms with Crippen LogP contribution in [0.2, 0.25) is 5.02 Å². The Balaban J connectivity index is 1.59. The Morgan fingerprint density at radius 1 is 1.00 bits per heavy atom. The second-order valence-corrected chi connectivity index (χ2v) is 7.86. The third-order valence-corrected chi connectivity index (χ3v) is 5.66. The third-order valence-electron chi connectivity index (χ3n) is 5.36. The van der Waals surface area contributed by atoms with Gasteiger partial charge in [-0.3, -0.25) is 9.59 Å². The molecule has 0 aliphatic rings. The summed E-state index contributed by atoms with van der Waals surface area (Å²) in [6, 6.07) is 23.4. The molecule has 1 N–H and O–H groups in total. The van der Waals surface area contributed by atoms with Gasteiger partial charge in [0.25, 0.3) is 5.56 Å². The fraction of sp³-hybridized carbons (Fsp3) is 0.0800. The number of aromatic nitrogens is 3. The van der Waals surface area contributed by atoms with Crippen LogP contribution in [-0.4, -0.2) is 27.0 Å². The highest BCUT2D eigenvalue weighted by atomic mass is 35.5. The van der Waals surface area contributed by atoms with E-state index < -0.39 is 0 Å². The van der Waals surface area contributed by atoms with E-state index in [1.165, 1.54) is 17.6 Å². The summed E-state index contributed by atoms with van der Waals surface area (Å²) in [5.74, 6) is 0.637. The van der Waals surface area contributed by atoms with E-state index in [2.05, 4.69) is 5.32 Å². The molecular weight excluding hydrogens is 440 g/mol. The van der Waals surface area contributed by atoms with Gasteiger partial charge >= 0.3 is 0 Å². The van der Waals surface area contributed by atoms with E-state index in [0.29, 0.717) is 33.4 Å². The van der Waals surface area contributed by atoms with Crippen LogP contribution in [0.5, 0.6) is 5.75 Å². The number of halogens is 1. The number of carbonyl (C=O) groups is 1. The second-order valence-electron chi connectivity index (χ2n) is 7.45. The average Bonchev–Trinajstić information content (AvgIpc) is 3.13. The SMILES string of the molecule is COc1ccc(NC(=O)Cn2c3ccccc3n3c(=O)cc(-c4ccccc4)nc23)cc1Cl. The number of rotatable bonds is 5. The van der Waals surface area contributed by atoms with E-state index >= 15 is 0 Å². The molecule has 5 aromatic rings. The molecule has 0 aliphatic heterocycles. The number of benzene rings is 3. The van der Waals surface area contributed by atoms with E-state index in [4.69, 9.17) is 21.3 Å². The Morgan fingerprint density at radius 2 is 1.73 bits per heavy atom. The number of fused-ring (bicyclic) bond motifs is 3. The highest BCUT2D eigenvalue weighted by Crippen LogP contribution is 2.27. The van der Waals surface area contributed by atoms with E-state index in [0.717, 1.165) is 11.1 Å². The standard InChI is InChI=1S/C25H19ClN4O3/c1-33-22-12-11-17(13-18(22)26)27-23(31)15-29-20-9-5-6-10-21(20)30-24(32)14-19(28-25(29)30)16-7-3-2-4-8-16/h2-14H,15H2,1H3,(H,27,31). The Kier molecular flexibility index (Phi) is 5.32. The quantitative estimate of drug-likeness (QED) is 0.417. The van der Waals surface area contributed by atoms with Crippen molar-refractivity contribution >= 4 is 40.0 Å². The molecule has 5 rings (SSSR count). The molecule has 0 saturated heterocycles. The van der Waals surface area contributed by atoms with Crippen molar-refractivity contribution in [3.8, 4) is 17.0 Å². The Labute approximate surface area is 193 Å². The molecule has 0 unspecified atom stereocenters. The lowest BCUT2D eigenvalue weighted by Crippen LogP contribution is -2.20. The van der Waals surface area contributed by atoms with Gasteiger partial charge in [-0.15, -0.1) is 0 Å². The van der Waals surface area contributed by atoms with Crippen LogP contribution in [0.3, 0.4) is 0 Å². The molecule has 7 nitrogen and oxygen atoms in total. The topological polar surface area (TPSA) is 77.6 Å². The summed E-state index contributed by atoms with van der Waals surface area (Å²) in [5, 5.41) is 3.24. The Hall–Kier alpha value is -4.10. The Morgan fingerprint density at radius 3 is 2.45 bits per heavy atom. The minimum Gasteiger partial charge on any atom is -0.495 e. The van der Waals surface area contributed by atoms with Crippen LogP contribution in [-0.2, 0) is 11.3 Å². The second kappa shape index (κ2) is 8.44. The number of nitrogens with zero attached hydrogens (tertiary/aromatic N) is 3. The molecule has 0 spiro atoms. The maximum Gasteiger partial charge on any atom is 0.260 e. The average molecular weight is 459 g/mol. The van der Waals surface area contributed by atoms with E-state index in [1.54, 1.807) is 22.8 Å². The summed E-state index contributed by atoms with van der Waals surface area (Å²) in [6.07, 6.45) is 0. The number of carbonyl (C=O) groups excluding carboxylic acids is 1. The molecular formula is C25H19ClN4O3. The molecule has 0 aliphatic carbocycles. The van der Waals surface area contributed by atoms with Gasteiger partial charge in [0.05, 0.1) is 28.9 Å². The fourth-order valence-electron chi connectivity index (χ4n) is 3.87. The van der Waals surface area contributed by atoms with E-state index in [-0.39, 0.29) is 18.0 Å². The number of ether oxygens (including phenoxy) is 1. The minimum absolute atomic E-state index is 0.0364. The van der Waals surface area contributed by atoms with Crippen molar-refractivity contribution in [3.05, 3.63) is 94.2 Å². The summed E-state index contributed by atoms with van der Waals surface area (Å²) < 4.78 is 8.42. The number of nitrogens with one attached hydrogen (secondary N) is 1. The first-order valence-corrected chi connectivity index (χ1v) is 10.6. The van der Waals surface area contributed by atoms with Gasteiger partial charge in [-0.2, -0.15) is 0 Å². The monoisotopic (exact) mass is 458 g/mol. The van der Waals surface area contributed by atoms with Crippen LogP contribution in [0.25, 0.3) is 28.1 Å². The number of methoxy groups -OCH3 is 1. The van der Waals surface area contributed by atoms with Gasteiger partial charge in [0.15, 0.2) is 0 Å². The summed E-state index contributed by atoms with van der Waals surface area (Å²) in [6.45, 7) is -0.0364. The van der Waals surface area contributed by atoms with Gasteiger partial charge in [0.1, 0.15) is 12.3 Å². The molecule has 3 aromatic carbocycles. The molecule has 0 saturated carbocycles. The predicted molar refractivity (Wildman–Crippen MR) is 129 cm³/mol. The van der Waals surface area contributed by atoms with E-state index in [1.807, 2.05) is 54.6 Å². The van der Waals surface area contributed by atoms with Crippen LogP contribution < -0.4 is 15.6 Å². The van der Waals surface area contributed by atoms with Crippen molar-refractivity contribution in [3.63, 3.8) is 0 Å². The molecule has 0 radical (unpaired) electrons. The van der Waals surface area contributed by atoms with Crippen LogP contribution >= 0.6 is 11.6 Å². The first-order valence-electron chi connectivity index (χ1n) is 10.2. The normalized spacial score (nSPS) is 11.1. The van der Waals surface area contributed by atoms with Crippen LogP contribution in [0, 0.1) is 0 Å². The van der Waals surface area contributed by atoms with Crippen molar-refractivity contribution in [2.24, 2.45) is 0 Å². The summed E-state index contributed by atoms with van der Waals surface area (Å²) in [5.41, 5.74) is 3.12. The van der Waals surface area contributed by atoms with Crippen molar-refractivity contribution < 1.29 is 9.53 Å². The summed E-state index contributed by atoms with van der Waals surface area (Å²) in [4.78, 5) is 30.8. The number of hydrogen-bond donors (Lipinski definition) is 1. The fourth-order valence-corrected chi connectivity index (χ4v) is 4.13. The van der Waals surface area contributed by atoms with Crippen molar-refractivity contribution in [2.75, 3.05) is 12.4 Å². The molecule has 33 heavy (non-hydrogen) atoms. The van der Waals surface area contributed by atoms with Gasteiger partial charge in [0.2, 0.25) is 11.7 Å². The molecule has 2 heterocycles. The minimum atomic E-state index is -0.279. The lowest BCUT2D eigenvalue weighted by atomic mass is 10.1. The van der Waals surface area contributed by atoms with Crippen molar-refractivity contribution in [1.29, 1.82) is 0 Å².